The fraction of sp³-hybridized carbons (Fsp3) is 0.429. The van der Waals surface area contributed by atoms with Crippen molar-refractivity contribution in [2.45, 2.75) is 12.6 Å². The summed E-state index contributed by atoms with van der Waals surface area (Å²) in [5.74, 6) is 0.290. The zero-order chi connectivity index (χ0) is 7.40. The SMILES string of the molecule is OC(CCl)Cn1cccc1. The number of nitrogens with zero attached hydrogens (tertiary/aromatic N) is 1. The van der Waals surface area contributed by atoms with Gasteiger partial charge >= 0.3 is 0 Å². The van der Waals surface area contributed by atoms with Crippen molar-refractivity contribution < 1.29 is 5.11 Å². The summed E-state index contributed by atoms with van der Waals surface area (Å²) < 4.78 is 1.90. The van der Waals surface area contributed by atoms with E-state index in [2.05, 4.69) is 0 Å². The van der Waals surface area contributed by atoms with Crippen LogP contribution in [0.2, 0.25) is 0 Å². The van der Waals surface area contributed by atoms with Gasteiger partial charge in [0, 0.05) is 18.9 Å². The average molecular weight is 160 g/mol. The van der Waals surface area contributed by atoms with E-state index in [0.29, 0.717) is 6.54 Å². The standard InChI is InChI=1S/C7H10ClNO/c8-5-7(10)6-9-3-1-2-4-9/h1-4,7,10H,5-6H2. The molecule has 0 aliphatic rings. The predicted molar refractivity (Wildman–Crippen MR) is 41.2 cm³/mol. The minimum atomic E-state index is -0.436. The largest absolute Gasteiger partial charge is 0.390 e. The summed E-state index contributed by atoms with van der Waals surface area (Å²) in [6, 6.07) is 3.84. The van der Waals surface area contributed by atoms with Crippen LogP contribution in [0, 0.1) is 0 Å². The van der Waals surface area contributed by atoms with Crippen LogP contribution >= 0.6 is 11.6 Å². The van der Waals surface area contributed by atoms with Gasteiger partial charge in [-0.15, -0.1) is 11.6 Å². The van der Waals surface area contributed by atoms with Gasteiger partial charge in [0.2, 0.25) is 0 Å². The molecule has 0 saturated heterocycles. The highest BCUT2D eigenvalue weighted by molar-refractivity contribution is 6.18. The Kier molecular flexibility index (Phi) is 2.78. The second kappa shape index (κ2) is 3.64. The van der Waals surface area contributed by atoms with Gasteiger partial charge in [0.1, 0.15) is 0 Å². The van der Waals surface area contributed by atoms with Crippen molar-refractivity contribution in [2.24, 2.45) is 0 Å². The Balaban J connectivity index is 2.40. The van der Waals surface area contributed by atoms with Gasteiger partial charge in [-0.05, 0) is 12.1 Å². The topological polar surface area (TPSA) is 25.2 Å². The molecule has 1 N–H and O–H groups in total. The van der Waals surface area contributed by atoms with Gasteiger partial charge in [0.15, 0.2) is 0 Å². The molecule has 56 valence electrons. The van der Waals surface area contributed by atoms with Crippen molar-refractivity contribution in [1.82, 2.24) is 4.57 Å². The first-order valence-corrected chi connectivity index (χ1v) is 3.71. The van der Waals surface area contributed by atoms with E-state index in [-0.39, 0.29) is 5.88 Å². The minimum Gasteiger partial charge on any atom is -0.390 e. The molecule has 0 spiro atoms. The first-order chi connectivity index (χ1) is 4.83. The van der Waals surface area contributed by atoms with Crippen molar-refractivity contribution in [3.8, 4) is 0 Å². The van der Waals surface area contributed by atoms with Gasteiger partial charge in [0.05, 0.1) is 12.0 Å². The van der Waals surface area contributed by atoms with E-state index in [4.69, 9.17) is 16.7 Å². The van der Waals surface area contributed by atoms with Crippen molar-refractivity contribution in [1.29, 1.82) is 0 Å². The van der Waals surface area contributed by atoms with Crippen molar-refractivity contribution >= 4 is 11.6 Å². The summed E-state index contributed by atoms with van der Waals surface area (Å²) in [6.45, 7) is 0.580. The lowest BCUT2D eigenvalue weighted by molar-refractivity contribution is 0.177. The van der Waals surface area contributed by atoms with Gasteiger partial charge < -0.3 is 9.67 Å². The lowest BCUT2D eigenvalue weighted by Gasteiger charge is -2.06. The molecule has 0 fully saturated rings. The Morgan fingerprint density at radius 2 is 2.00 bits per heavy atom. The van der Waals surface area contributed by atoms with E-state index in [9.17, 15) is 0 Å². The quantitative estimate of drug-likeness (QED) is 0.657. The fourth-order valence-electron chi connectivity index (χ4n) is 0.784. The molecule has 0 aliphatic carbocycles. The fourth-order valence-corrected chi connectivity index (χ4v) is 0.882. The molecule has 3 heteroatoms. The number of aromatic nitrogens is 1. The van der Waals surface area contributed by atoms with Crippen LogP contribution in [-0.2, 0) is 6.54 Å². The van der Waals surface area contributed by atoms with Gasteiger partial charge in [-0.1, -0.05) is 0 Å². The van der Waals surface area contributed by atoms with Gasteiger partial charge in [-0.2, -0.15) is 0 Å². The van der Waals surface area contributed by atoms with Crippen LogP contribution in [0.3, 0.4) is 0 Å². The molecule has 1 heterocycles. The molecule has 0 amide bonds. The first-order valence-electron chi connectivity index (χ1n) is 3.17. The molecule has 1 aromatic rings. The normalized spacial score (nSPS) is 13.4. The van der Waals surface area contributed by atoms with E-state index in [1.807, 2.05) is 29.1 Å². The summed E-state index contributed by atoms with van der Waals surface area (Å²) in [4.78, 5) is 0. The number of alkyl halides is 1. The molecule has 0 aromatic carbocycles. The van der Waals surface area contributed by atoms with Crippen LogP contribution in [-0.4, -0.2) is 21.7 Å². The van der Waals surface area contributed by atoms with Crippen LogP contribution in [0.4, 0.5) is 0 Å². The number of aliphatic hydroxyl groups is 1. The molecule has 2 nitrogen and oxygen atoms in total. The monoisotopic (exact) mass is 159 g/mol. The number of aliphatic hydroxyl groups excluding tert-OH is 1. The van der Waals surface area contributed by atoms with Crippen LogP contribution in [0.25, 0.3) is 0 Å². The highest BCUT2D eigenvalue weighted by Gasteiger charge is 2.00. The average Bonchev–Trinajstić information content (AvgIpc) is 2.40. The first kappa shape index (κ1) is 7.63. The van der Waals surface area contributed by atoms with Crippen molar-refractivity contribution in [2.75, 3.05) is 5.88 Å². The second-order valence-electron chi connectivity index (χ2n) is 2.19. The highest BCUT2D eigenvalue weighted by atomic mass is 35.5. The van der Waals surface area contributed by atoms with Crippen LogP contribution < -0.4 is 0 Å². The molecule has 1 aromatic heterocycles. The molecule has 1 atom stereocenters. The van der Waals surface area contributed by atoms with Crippen LogP contribution in [0.15, 0.2) is 24.5 Å². The van der Waals surface area contributed by atoms with Gasteiger partial charge in [0.25, 0.3) is 0 Å². The second-order valence-corrected chi connectivity index (χ2v) is 2.50. The maximum absolute atomic E-state index is 9.08. The molecule has 0 radical (unpaired) electrons. The number of halogens is 1. The molecule has 0 saturated carbocycles. The summed E-state index contributed by atoms with van der Waals surface area (Å²) in [7, 11) is 0. The summed E-state index contributed by atoms with van der Waals surface area (Å²) >= 11 is 5.41. The third-order valence-electron chi connectivity index (χ3n) is 1.27. The molecule has 0 aliphatic heterocycles. The summed E-state index contributed by atoms with van der Waals surface area (Å²) in [6.07, 6.45) is 3.36. The Morgan fingerprint density at radius 1 is 1.40 bits per heavy atom. The summed E-state index contributed by atoms with van der Waals surface area (Å²) in [5, 5.41) is 9.08. The Hall–Kier alpha value is -0.470. The molecule has 0 bridgehead atoms. The molecular weight excluding hydrogens is 150 g/mol. The smallest absolute Gasteiger partial charge is 0.0853 e. The maximum atomic E-state index is 9.08. The highest BCUT2D eigenvalue weighted by Crippen LogP contribution is 1.95. The van der Waals surface area contributed by atoms with Crippen molar-refractivity contribution in [3.63, 3.8) is 0 Å². The lowest BCUT2D eigenvalue weighted by atomic mass is 10.4. The van der Waals surface area contributed by atoms with Crippen molar-refractivity contribution in [3.05, 3.63) is 24.5 Å². The Morgan fingerprint density at radius 3 is 2.50 bits per heavy atom. The van der Waals surface area contributed by atoms with Crippen LogP contribution in [0.1, 0.15) is 0 Å². The minimum absolute atomic E-state index is 0.290. The van der Waals surface area contributed by atoms with Crippen LogP contribution in [0.5, 0.6) is 0 Å². The zero-order valence-electron chi connectivity index (χ0n) is 5.57. The third-order valence-corrected chi connectivity index (χ3v) is 1.62. The Labute approximate surface area is 65.0 Å². The predicted octanol–water partition coefficient (Wildman–Crippen LogP) is 1.09. The van der Waals surface area contributed by atoms with E-state index >= 15 is 0 Å². The van der Waals surface area contributed by atoms with E-state index in [0.717, 1.165) is 0 Å². The lowest BCUT2D eigenvalue weighted by Crippen LogP contribution is -2.15. The number of rotatable bonds is 3. The molecule has 10 heavy (non-hydrogen) atoms. The number of hydrogen-bond donors (Lipinski definition) is 1. The van der Waals surface area contributed by atoms with Gasteiger partial charge in [-0.25, -0.2) is 0 Å². The molecular formula is C7H10ClNO. The summed E-state index contributed by atoms with van der Waals surface area (Å²) in [5.41, 5.74) is 0. The third kappa shape index (κ3) is 2.05. The van der Waals surface area contributed by atoms with Gasteiger partial charge in [-0.3, -0.25) is 0 Å². The molecule has 1 unspecified atom stereocenters. The number of hydrogen-bond acceptors (Lipinski definition) is 1. The molecule has 1 rings (SSSR count). The van der Waals surface area contributed by atoms with E-state index < -0.39 is 6.10 Å². The van der Waals surface area contributed by atoms with E-state index in [1.54, 1.807) is 0 Å². The zero-order valence-corrected chi connectivity index (χ0v) is 6.33. The Bertz CT molecular complexity index is 174. The van der Waals surface area contributed by atoms with E-state index in [1.165, 1.54) is 0 Å². The maximum Gasteiger partial charge on any atom is 0.0853 e.